The molecule has 0 atom stereocenters. The Balaban J connectivity index is 1.63. The molecule has 5 aliphatic heterocycles. The Kier molecular flexibility index (Phi) is 4.30. The van der Waals surface area contributed by atoms with E-state index >= 15 is 0 Å². The molecule has 5 heteroatoms. The van der Waals surface area contributed by atoms with Crippen molar-refractivity contribution in [3.05, 3.63) is 95.2 Å². The summed E-state index contributed by atoms with van der Waals surface area (Å²) in [4.78, 5) is 18.8. The van der Waals surface area contributed by atoms with Gasteiger partial charge in [-0.25, -0.2) is 20.0 Å². The van der Waals surface area contributed by atoms with E-state index < -0.39 is 8.07 Å². The molecule has 0 radical (unpaired) electrons. The van der Waals surface area contributed by atoms with Gasteiger partial charge in [0.05, 0.1) is 51.2 Å². The molecule has 0 amide bonds. The van der Waals surface area contributed by atoms with Crippen LogP contribution in [0.4, 0.5) is 0 Å². The fraction of sp³-hybridized carbons (Fsp3) is 0.120. The molecule has 0 N–H and O–H groups in total. The summed E-state index contributed by atoms with van der Waals surface area (Å²) in [6.07, 6.45) is 22.0. The first-order valence-corrected chi connectivity index (χ1v) is 13.4. The summed E-state index contributed by atoms with van der Waals surface area (Å²) >= 11 is 0. The Labute approximate surface area is 177 Å². The highest BCUT2D eigenvalue weighted by molar-refractivity contribution is 6.83. The molecule has 0 aromatic rings. The molecule has 0 aromatic carbocycles. The second-order valence-corrected chi connectivity index (χ2v) is 13.2. The van der Waals surface area contributed by atoms with Crippen molar-refractivity contribution < 1.29 is 0 Å². The molecule has 0 saturated carbocycles. The molecule has 0 saturated heterocycles. The van der Waals surface area contributed by atoms with Gasteiger partial charge in [0.25, 0.3) is 0 Å². The average molecular weight is 405 g/mol. The van der Waals surface area contributed by atoms with Crippen LogP contribution in [0, 0.1) is 11.5 Å². The molecule has 5 aliphatic rings. The Morgan fingerprint density at radius 2 is 1.07 bits per heavy atom. The van der Waals surface area contributed by atoms with Crippen LogP contribution in [0.1, 0.15) is 0 Å². The maximum atomic E-state index is 4.81. The molecule has 4 nitrogen and oxygen atoms in total. The van der Waals surface area contributed by atoms with Crippen LogP contribution in [0.5, 0.6) is 0 Å². The maximum Gasteiger partial charge on any atom is 0.129 e. The van der Waals surface area contributed by atoms with Gasteiger partial charge in [-0.3, -0.25) is 0 Å². The molecule has 0 fully saturated rings. The summed E-state index contributed by atoms with van der Waals surface area (Å²) < 4.78 is 0. The fourth-order valence-corrected chi connectivity index (χ4v) is 3.76. The second kappa shape index (κ2) is 7.01. The van der Waals surface area contributed by atoms with Gasteiger partial charge in [0.2, 0.25) is 0 Å². The molecule has 5 rings (SSSR count). The summed E-state index contributed by atoms with van der Waals surface area (Å²) in [5.41, 5.74) is 11.3. The van der Waals surface area contributed by atoms with E-state index in [4.69, 9.17) is 9.98 Å². The molecule has 8 bridgehead atoms. The van der Waals surface area contributed by atoms with Gasteiger partial charge >= 0.3 is 0 Å². The lowest BCUT2D eigenvalue weighted by Gasteiger charge is -2.03. The Hall–Kier alpha value is -3.62. The Morgan fingerprint density at radius 3 is 1.60 bits per heavy atom. The van der Waals surface area contributed by atoms with Gasteiger partial charge in [-0.05, 0) is 66.8 Å². The third-order valence-corrected chi connectivity index (χ3v) is 5.49. The standard InChI is InChI=1S/C25H20N4Si/c1-30(2,3)11-10-17-12-24-15-22-7-6-20(27-22)13-18-4-5-19(26-18)14-21-8-9-23(28-21)16-25(17)29-24/h4-9,12-16H,1-3H3. The van der Waals surface area contributed by atoms with Crippen LogP contribution in [-0.2, 0) is 0 Å². The molecule has 5 heterocycles. The monoisotopic (exact) mass is 404 g/mol. The maximum absolute atomic E-state index is 4.81. The second-order valence-electron chi connectivity index (χ2n) is 8.44. The molecule has 0 unspecified atom stereocenters. The topological polar surface area (TPSA) is 49.4 Å². The van der Waals surface area contributed by atoms with E-state index in [9.17, 15) is 0 Å². The van der Waals surface area contributed by atoms with E-state index in [2.05, 4.69) is 41.1 Å². The molecule has 144 valence electrons. The summed E-state index contributed by atoms with van der Waals surface area (Å²) in [6.45, 7) is 6.72. The number of hydrogen-bond donors (Lipinski definition) is 0. The molecule has 0 spiro atoms. The summed E-state index contributed by atoms with van der Waals surface area (Å²) in [7, 11) is -1.50. The van der Waals surface area contributed by atoms with Crippen molar-refractivity contribution in [2.45, 2.75) is 19.6 Å². The van der Waals surface area contributed by atoms with Gasteiger partial charge in [0.1, 0.15) is 8.07 Å². The molecule has 0 aromatic heterocycles. The first kappa shape index (κ1) is 18.4. The number of nitrogens with zero attached hydrogens (tertiary/aromatic N) is 4. The van der Waals surface area contributed by atoms with Gasteiger partial charge < -0.3 is 0 Å². The van der Waals surface area contributed by atoms with E-state index in [1.165, 1.54) is 0 Å². The highest BCUT2D eigenvalue weighted by Gasteiger charge is 2.16. The van der Waals surface area contributed by atoms with Gasteiger partial charge in [-0.15, -0.1) is 5.54 Å². The van der Waals surface area contributed by atoms with Crippen LogP contribution < -0.4 is 0 Å². The van der Waals surface area contributed by atoms with Crippen LogP contribution in [0.15, 0.2) is 115 Å². The quantitative estimate of drug-likeness (QED) is 0.410. The largest absolute Gasteiger partial charge is 0.249 e. The van der Waals surface area contributed by atoms with Crippen LogP contribution in [-0.4, -0.2) is 30.9 Å². The first-order chi connectivity index (χ1) is 14.4. The fourth-order valence-electron chi connectivity index (χ4n) is 3.25. The van der Waals surface area contributed by atoms with Crippen LogP contribution in [0.25, 0.3) is 0 Å². The average Bonchev–Trinajstić information content (AvgIpc) is 3.44. The Bertz CT molecular complexity index is 1290. The minimum Gasteiger partial charge on any atom is -0.249 e. The van der Waals surface area contributed by atoms with E-state index in [1.54, 1.807) is 0 Å². The number of allylic oxidation sites excluding steroid dienone is 12. The number of rotatable bonds is 0. The first-order valence-electron chi connectivity index (χ1n) is 9.91. The van der Waals surface area contributed by atoms with Crippen molar-refractivity contribution in [2.24, 2.45) is 20.0 Å². The zero-order valence-corrected chi connectivity index (χ0v) is 18.1. The summed E-state index contributed by atoms with van der Waals surface area (Å²) in [5, 5.41) is 0. The number of aliphatic imine (C=N–C) groups is 4. The predicted molar refractivity (Wildman–Crippen MR) is 129 cm³/mol. The SMILES string of the molecule is C[Si](C)(C)C#CC1=CC2=NC1=CC1=NC(=CC3=NC(=CC4=NC(=C2)C=C4)C=C3)C=C1. The van der Waals surface area contributed by atoms with E-state index in [1.807, 2.05) is 66.8 Å². The molecular weight excluding hydrogens is 384 g/mol. The predicted octanol–water partition coefficient (Wildman–Crippen LogP) is 4.83. The lowest BCUT2D eigenvalue weighted by Crippen LogP contribution is -2.16. The smallest absolute Gasteiger partial charge is 0.129 e. The summed E-state index contributed by atoms with van der Waals surface area (Å²) in [6, 6.07) is 0. The number of hydrogen-bond acceptors (Lipinski definition) is 4. The van der Waals surface area contributed by atoms with Crippen LogP contribution >= 0.6 is 0 Å². The molecular formula is C25H20N4Si. The summed E-state index contributed by atoms with van der Waals surface area (Å²) in [5.74, 6) is 3.36. The Morgan fingerprint density at radius 1 is 0.567 bits per heavy atom. The third-order valence-electron chi connectivity index (χ3n) is 4.61. The van der Waals surface area contributed by atoms with E-state index in [0.717, 1.165) is 51.2 Å². The zero-order chi connectivity index (χ0) is 20.7. The van der Waals surface area contributed by atoms with Crippen molar-refractivity contribution >= 4 is 30.9 Å². The minimum atomic E-state index is -1.50. The van der Waals surface area contributed by atoms with Gasteiger partial charge in [0.15, 0.2) is 0 Å². The lowest BCUT2D eigenvalue weighted by molar-refractivity contribution is 1.40. The normalized spacial score (nSPS) is 21.0. The lowest BCUT2D eigenvalue weighted by atomic mass is 10.1. The molecule has 0 aliphatic carbocycles. The molecule has 30 heavy (non-hydrogen) atoms. The third kappa shape index (κ3) is 4.05. The van der Waals surface area contributed by atoms with Crippen molar-refractivity contribution in [1.29, 1.82) is 0 Å². The number of fused-ring (bicyclic) bond motifs is 4. The van der Waals surface area contributed by atoms with Crippen molar-refractivity contribution in [3.8, 4) is 11.5 Å². The highest BCUT2D eigenvalue weighted by atomic mass is 28.3. The van der Waals surface area contributed by atoms with Crippen molar-refractivity contribution in [2.75, 3.05) is 0 Å². The van der Waals surface area contributed by atoms with Crippen LogP contribution in [0.3, 0.4) is 0 Å². The van der Waals surface area contributed by atoms with Gasteiger partial charge in [-0.2, -0.15) is 0 Å². The zero-order valence-electron chi connectivity index (χ0n) is 17.1. The van der Waals surface area contributed by atoms with Gasteiger partial charge in [0, 0.05) is 0 Å². The highest BCUT2D eigenvalue weighted by Crippen LogP contribution is 2.24. The van der Waals surface area contributed by atoms with Crippen molar-refractivity contribution in [3.63, 3.8) is 0 Å². The van der Waals surface area contributed by atoms with E-state index in [0.29, 0.717) is 0 Å². The van der Waals surface area contributed by atoms with E-state index in [-0.39, 0.29) is 0 Å². The van der Waals surface area contributed by atoms with Crippen molar-refractivity contribution in [1.82, 2.24) is 0 Å². The van der Waals surface area contributed by atoms with Gasteiger partial charge in [-0.1, -0.05) is 25.6 Å². The van der Waals surface area contributed by atoms with Crippen LogP contribution in [0.2, 0.25) is 19.6 Å². The minimum absolute atomic E-state index is 0.843.